The predicted octanol–water partition coefficient (Wildman–Crippen LogP) is 2.91. The minimum atomic E-state index is -0.652. The predicted molar refractivity (Wildman–Crippen MR) is 87.2 cm³/mol. The lowest BCUT2D eigenvalue weighted by molar-refractivity contribution is -0.132. The molecule has 2 amide bonds. The highest BCUT2D eigenvalue weighted by Gasteiger charge is 2.37. The molecule has 1 aromatic heterocycles. The third kappa shape index (κ3) is 3.24. The molecular formula is C17H17ClN2O3. The number of nitrogens with one attached hydrogen (secondary N) is 1. The van der Waals surface area contributed by atoms with E-state index in [1.54, 1.807) is 35.4 Å². The summed E-state index contributed by atoms with van der Waals surface area (Å²) in [4.78, 5) is 26.4. The smallest absolute Gasteiger partial charge is 0.239 e. The average Bonchev–Trinajstić information content (AvgIpc) is 3.17. The Balaban J connectivity index is 1.66. The van der Waals surface area contributed by atoms with Gasteiger partial charge in [0.2, 0.25) is 11.8 Å². The van der Waals surface area contributed by atoms with Crippen molar-refractivity contribution in [1.29, 1.82) is 0 Å². The van der Waals surface area contributed by atoms with Crippen LogP contribution < -0.4 is 10.2 Å². The molecule has 3 rings (SSSR count). The summed E-state index contributed by atoms with van der Waals surface area (Å²) < 4.78 is 5.17. The van der Waals surface area contributed by atoms with Gasteiger partial charge < -0.3 is 14.6 Å². The van der Waals surface area contributed by atoms with E-state index in [0.717, 1.165) is 11.3 Å². The molecule has 0 saturated carbocycles. The number of hydrogen-bond acceptors (Lipinski definition) is 3. The van der Waals surface area contributed by atoms with E-state index in [2.05, 4.69) is 5.32 Å². The van der Waals surface area contributed by atoms with Crippen LogP contribution in [0.1, 0.15) is 17.7 Å². The van der Waals surface area contributed by atoms with E-state index < -0.39 is 5.92 Å². The number of hydrogen-bond donors (Lipinski definition) is 1. The number of anilines is 1. The molecule has 0 radical (unpaired) electrons. The van der Waals surface area contributed by atoms with E-state index in [-0.39, 0.29) is 18.4 Å². The van der Waals surface area contributed by atoms with E-state index >= 15 is 0 Å². The third-order valence-electron chi connectivity index (χ3n) is 3.99. The summed E-state index contributed by atoms with van der Waals surface area (Å²) >= 11 is 6.02. The quantitative estimate of drug-likeness (QED) is 0.876. The molecule has 2 heterocycles. The van der Waals surface area contributed by atoms with Crippen molar-refractivity contribution in [3.8, 4) is 0 Å². The van der Waals surface area contributed by atoms with Gasteiger partial charge >= 0.3 is 0 Å². The number of carbonyl (C=O) groups excluding carboxylic acids is 2. The Kier molecular flexibility index (Phi) is 4.39. The van der Waals surface area contributed by atoms with Crippen LogP contribution in [0.4, 0.5) is 5.69 Å². The minimum absolute atomic E-state index is 0.177. The average molecular weight is 333 g/mol. The Morgan fingerprint density at radius 1 is 1.43 bits per heavy atom. The monoisotopic (exact) mass is 332 g/mol. The fraction of sp³-hybridized carbons (Fsp3) is 0.294. The second kappa shape index (κ2) is 6.46. The number of halogens is 1. The van der Waals surface area contributed by atoms with Crippen molar-refractivity contribution < 1.29 is 14.0 Å². The first kappa shape index (κ1) is 15.6. The minimum Gasteiger partial charge on any atom is -0.467 e. The normalized spacial score (nSPS) is 17.6. The zero-order chi connectivity index (χ0) is 16.4. The molecule has 0 bridgehead atoms. The zero-order valence-electron chi connectivity index (χ0n) is 12.7. The first-order valence-corrected chi connectivity index (χ1v) is 7.81. The maximum absolute atomic E-state index is 12.5. The Hall–Kier alpha value is -2.27. The van der Waals surface area contributed by atoms with Crippen LogP contribution in [0.3, 0.4) is 0 Å². The second-order valence-electron chi connectivity index (χ2n) is 5.56. The zero-order valence-corrected chi connectivity index (χ0v) is 13.5. The lowest BCUT2D eigenvalue weighted by Gasteiger charge is -2.17. The van der Waals surface area contributed by atoms with Crippen LogP contribution >= 0.6 is 11.6 Å². The van der Waals surface area contributed by atoms with Gasteiger partial charge in [0, 0.05) is 17.3 Å². The summed E-state index contributed by atoms with van der Waals surface area (Å²) in [5.74, 6) is -0.432. The SMILES string of the molecule is Cc1cc(N2CCC(C(=O)NCc3ccco3)C2=O)ccc1Cl. The number of furan rings is 1. The molecule has 23 heavy (non-hydrogen) atoms. The molecule has 120 valence electrons. The van der Waals surface area contributed by atoms with Crippen molar-refractivity contribution in [1.82, 2.24) is 5.32 Å². The molecule has 0 spiro atoms. The largest absolute Gasteiger partial charge is 0.467 e. The van der Waals surface area contributed by atoms with Gasteiger partial charge in [0.25, 0.3) is 0 Å². The summed E-state index contributed by atoms with van der Waals surface area (Å²) in [6.07, 6.45) is 2.05. The van der Waals surface area contributed by atoms with Crippen LogP contribution in [0.15, 0.2) is 41.0 Å². The fourth-order valence-corrected chi connectivity index (χ4v) is 2.80. The van der Waals surface area contributed by atoms with Crippen molar-refractivity contribution >= 4 is 29.1 Å². The summed E-state index contributed by atoms with van der Waals surface area (Å²) in [5.41, 5.74) is 1.68. The first-order chi connectivity index (χ1) is 11.1. The lowest BCUT2D eigenvalue weighted by atomic mass is 10.1. The Morgan fingerprint density at radius 2 is 2.26 bits per heavy atom. The van der Waals surface area contributed by atoms with Crippen LogP contribution in [0, 0.1) is 12.8 Å². The molecule has 0 aliphatic carbocycles. The van der Waals surface area contributed by atoms with Crippen molar-refractivity contribution in [3.63, 3.8) is 0 Å². The number of benzene rings is 1. The van der Waals surface area contributed by atoms with Gasteiger partial charge in [-0.2, -0.15) is 0 Å². The first-order valence-electron chi connectivity index (χ1n) is 7.44. The Labute approximate surface area is 139 Å². The van der Waals surface area contributed by atoms with E-state index in [9.17, 15) is 9.59 Å². The topological polar surface area (TPSA) is 62.6 Å². The fourth-order valence-electron chi connectivity index (χ4n) is 2.69. The number of amides is 2. The van der Waals surface area contributed by atoms with E-state index in [4.69, 9.17) is 16.0 Å². The van der Waals surface area contributed by atoms with Gasteiger partial charge in [-0.25, -0.2) is 0 Å². The van der Waals surface area contributed by atoms with E-state index in [1.807, 2.05) is 13.0 Å². The maximum Gasteiger partial charge on any atom is 0.239 e. The van der Waals surface area contributed by atoms with Crippen LogP contribution in [0.25, 0.3) is 0 Å². The highest BCUT2D eigenvalue weighted by Crippen LogP contribution is 2.28. The van der Waals surface area contributed by atoms with Gasteiger partial charge in [0.15, 0.2) is 0 Å². The standard InChI is InChI=1S/C17H17ClN2O3/c1-11-9-12(4-5-15(11)18)20-7-6-14(17(20)22)16(21)19-10-13-3-2-8-23-13/h2-5,8-9,14H,6-7,10H2,1H3,(H,19,21). The Morgan fingerprint density at radius 3 is 2.96 bits per heavy atom. The van der Waals surface area contributed by atoms with Gasteiger partial charge in [0.1, 0.15) is 11.7 Å². The van der Waals surface area contributed by atoms with Crippen LogP contribution in [0.2, 0.25) is 5.02 Å². The number of aryl methyl sites for hydroxylation is 1. The van der Waals surface area contributed by atoms with Crippen LogP contribution in [0.5, 0.6) is 0 Å². The van der Waals surface area contributed by atoms with Crippen LogP contribution in [-0.4, -0.2) is 18.4 Å². The highest BCUT2D eigenvalue weighted by molar-refractivity contribution is 6.31. The maximum atomic E-state index is 12.5. The van der Waals surface area contributed by atoms with Gasteiger partial charge in [0.05, 0.1) is 12.8 Å². The lowest BCUT2D eigenvalue weighted by Crippen LogP contribution is -2.36. The molecule has 5 nitrogen and oxygen atoms in total. The van der Waals surface area contributed by atoms with Crippen molar-refractivity contribution in [2.75, 3.05) is 11.4 Å². The number of carbonyl (C=O) groups is 2. The molecular weight excluding hydrogens is 316 g/mol. The molecule has 1 aliphatic rings. The van der Waals surface area contributed by atoms with E-state index in [1.165, 1.54) is 0 Å². The molecule has 1 N–H and O–H groups in total. The van der Waals surface area contributed by atoms with E-state index in [0.29, 0.717) is 23.7 Å². The second-order valence-corrected chi connectivity index (χ2v) is 5.97. The molecule has 1 atom stereocenters. The molecule has 1 aliphatic heterocycles. The number of rotatable bonds is 4. The van der Waals surface area contributed by atoms with Crippen LogP contribution in [-0.2, 0) is 16.1 Å². The van der Waals surface area contributed by atoms with Crippen molar-refractivity contribution in [2.45, 2.75) is 19.9 Å². The van der Waals surface area contributed by atoms with Gasteiger partial charge in [-0.15, -0.1) is 0 Å². The number of nitrogens with zero attached hydrogens (tertiary/aromatic N) is 1. The van der Waals surface area contributed by atoms with Crippen molar-refractivity contribution in [3.05, 3.63) is 52.9 Å². The molecule has 6 heteroatoms. The summed E-state index contributed by atoms with van der Waals surface area (Å²) in [5, 5.41) is 3.41. The summed E-state index contributed by atoms with van der Waals surface area (Å²) in [6, 6.07) is 8.97. The van der Waals surface area contributed by atoms with Gasteiger partial charge in [-0.1, -0.05) is 11.6 Å². The summed E-state index contributed by atoms with van der Waals surface area (Å²) in [6.45, 7) is 2.70. The molecule has 1 aromatic carbocycles. The molecule has 1 unspecified atom stereocenters. The Bertz CT molecular complexity index is 727. The van der Waals surface area contributed by atoms with Crippen molar-refractivity contribution in [2.24, 2.45) is 5.92 Å². The van der Waals surface area contributed by atoms with Gasteiger partial charge in [-0.3, -0.25) is 9.59 Å². The molecule has 1 saturated heterocycles. The third-order valence-corrected chi connectivity index (χ3v) is 4.42. The van der Waals surface area contributed by atoms with Gasteiger partial charge in [-0.05, 0) is 49.2 Å². The molecule has 1 fully saturated rings. The summed E-state index contributed by atoms with van der Waals surface area (Å²) in [7, 11) is 0. The molecule has 2 aromatic rings. The highest BCUT2D eigenvalue weighted by atomic mass is 35.5.